The van der Waals surface area contributed by atoms with Gasteiger partial charge in [-0.3, -0.25) is 0 Å². The van der Waals surface area contributed by atoms with Crippen LogP contribution >= 0.6 is 0 Å². The number of nitrogens with one attached hydrogen (secondary N) is 1. The minimum absolute atomic E-state index is 0.0304. The number of alkyl halides is 6. The van der Waals surface area contributed by atoms with Crippen molar-refractivity contribution < 1.29 is 35.5 Å². The molecule has 2 aromatic carbocycles. The molecule has 1 aliphatic carbocycles. The molecule has 1 aliphatic rings. The maximum Gasteiger partial charge on any atom is 0.416 e. The smallest absolute Gasteiger partial charge is 0.377 e. The van der Waals surface area contributed by atoms with Crippen LogP contribution in [0.4, 0.5) is 30.7 Å². The summed E-state index contributed by atoms with van der Waals surface area (Å²) in [6.07, 6.45) is -8.68. The van der Waals surface area contributed by atoms with Crippen molar-refractivity contribution in [3.63, 3.8) is 0 Å². The Balaban J connectivity index is 1.73. The van der Waals surface area contributed by atoms with Gasteiger partial charge in [-0.25, -0.2) is 4.39 Å². The molecule has 0 aromatic heterocycles. The molecule has 0 heterocycles. The molecular weight excluding hydrogens is 427 g/mol. The lowest BCUT2D eigenvalue weighted by Gasteiger charge is -2.25. The Hall–Kier alpha value is -2.13. The summed E-state index contributed by atoms with van der Waals surface area (Å²) in [6.45, 7) is -0.0304. The lowest BCUT2D eigenvalue weighted by Crippen LogP contribution is -2.32. The molecule has 170 valence electrons. The topological polar surface area (TPSA) is 21.3 Å². The van der Waals surface area contributed by atoms with Crippen molar-refractivity contribution in [3.8, 4) is 0 Å². The van der Waals surface area contributed by atoms with Crippen LogP contribution in [0.5, 0.6) is 0 Å². The molecule has 0 aliphatic heterocycles. The second-order valence-electron chi connectivity index (χ2n) is 7.62. The Kier molecular flexibility index (Phi) is 6.95. The lowest BCUT2D eigenvalue weighted by molar-refractivity contribution is -0.143. The van der Waals surface area contributed by atoms with Crippen molar-refractivity contribution in [1.82, 2.24) is 5.32 Å². The van der Waals surface area contributed by atoms with Crippen LogP contribution in [0.15, 0.2) is 42.5 Å². The van der Waals surface area contributed by atoms with Gasteiger partial charge >= 0.3 is 12.4 Å². The number of rotatable bonds is 6. The van der Waals surface area contributed by atoms with Crippen LogP contribution in [0, 0.1) is 5.82 Å². The van der Waals surface area contributed by atoms with Crippen LogP contribution in [-0.2, 0) is 23.5 Å². The molecule has 1 N–H and O–H groups in total. The fourth-order valence-electron chi connectivity index (χ4n) is 4.10. The molecule has 0 bridgehead atoms. The highest BCUT2D eigenvalue weighted by molar-refractivity contribution is 5.34. The van der Waals surface area contributed by atoms with E-state index in [1.165, 1.54) is 12.1 Å². The molecule has 1 fully saturated rings. The predicted octanol–water partition coefficient (Wildman–Crippen LogP) is 5.96. The number of hydrogen-bond acceptors (Lipinski definition) is 2. The first-order chi connectivity index (χ1) is 14.5. The Morgan fingerprint density at radius 2 is 1.48 bits per heavy atom. The molecule has 2 aromatic rings. The van der Waals surface area contributed by atoms with E-state index in [0.29, 0.717) is 6.42 Å². The molecule has 3 rings (SSSR count). The van der Waals surface area contributed by atoms with Gasteiger partial charge < -0.3 is 10.1 Å². The number of likely N-dealkylation sites (N-methyl/N-ethyl adjacent to an activating group) is 1. The second kappa shape index (κ2) is 9.16. The monoisotopic (exact) mass is 449 g/mol. The van der Waals surface area contributed by atoms with Crippen molar-refractivity contribution in [2.45, 2.75) is 49.7 Å². The third kappa shape index (κ3) is 5.77. The Bertz CT molecular complexity index is 845. The van der Waals surface area contributed by atoms with Crippen molar-refractivity contribution in [2.24, 2.45) is 0 Å². The van der Waals surface area contributed by atoms with E-state index in [1.54, 1.807) is 19.2 Å². The first-order valence-corrected chi connectivity index (χ1v) is 9.81. The van der Waals surface area contributed by atoms with Crippen LogP contribution in [-0.4, -0.2) is 25.8 Å². The molecule has 3 atom stereocenters. The van der Waals surface area contributed by atoms with Crippen molar-refractivity contribution in [2.75, 3.05) is 13.7 Å². The summed E-state index contributed by atoms with van der Waals surface area (Å²) < 4.78 is 97.3. The van der Waals surface area contributed by atoms with Gasteiger partial charge in [0.15, 0.2) is 0 Å². The largest absolute Gasteiger partial charge is 0.416 e. The highest BCUT2D eigenvalue weighted by Gasteiger charge is 2.38. The molecule has 0 spiro atoms. The summed E-state index contributed by atoms with van der Waals surface area (Å²) >= 11 is 0. The zero-order valence-electron chi connectivity index (χ0n) is 16.7. The first kappa shape index (κ1) is 23.5. The number of benzene rings is 2. The maximum absolute atomic E-state index is 13.3. The van der Waals surface area contributed by atoms with Crippen molar-refractivity contribution >= 4 is 0 Å². The molecule has 0 radical (unpaired) electrons. The average molecular weight is 449 g/mol. The number of hydrogen-bond donors (Lipinski definition) is 1. The normalized spacial score (nSPS) is 22.1. The Morgan fingerprint density at radius 1 is 0.903 bits per heavy atom. The molecule has 2 nitrogen and oxygen atoms in total. The van der Waals surface area contributed by atoms with Gasteiger partial charge in [-0.2, -0.15) is 26.3 Å². The van der Waals surface area contributed by atoms with Gasteiger partial charge in [-0.05, 0) is 67.8 Å². The highest BCUT2D eigenvalue weighted by Crippen LogP contribution is 2.38. The molecular formula is C22H22F7NO. The molecule has 0 amide bonds. The van der Waals surface area contributed by atoms with Gasteiger partial charge in [-0.15, -0.1) is 0 Å². The van der Waals surface area contributed by atoms with Crippen molar-refractivity contribution in [3.05, 3.63) is 70.5 Å². The van der Waals surface area contributed by atoms with Crippen LogP contribution in [0.2, 0.25) is 0 Å². The maximum atomic E-state index is 13.3. The number of ether oxygens (including phenoxy) is 1. The van der Waals surface area contributed by atoms with Crippen molar-refractivity contribution in [1.29, 1.82) is 0 Å². The Morgan fingerprint density at radius 3 is 2.00 bits per heavy atom. The standard InChI is InChI=1S/C22H22F7NO/c1-30-18-6-7-19(20(18)14-2-4-17(23)5-3-14)31-9-8-13-10-15(21(24,25)26)12-16(11-13)22(27,28)29/h2-5,10-12,18-20,30H,6-9H2,1H3. The molecule has 0 saturated heterocycles. The lowest BCUT2D eigenvalue weighted by atomic mass is 9.92. The quantitative estimate of drug-likeness (QED) is 0.550. The zero-order valence-corrected chi connectivity index (χ0v) is 16.7. The molecule has 1 saturated carbocycles. The highest BCUT2D eigenvalue weighted by atomic mass is 19.4. The van der Waals surface area contributed by atoms with Gasteiger partial charge in [0.25, 0.3) is 0 Å². The third-order valence-electron chi connectivity index (χ3n) is 5.59. The van der Waals surface area contributed by atoms with Crippen LogP contribution < -0.4 is 5.32 Å². The van der Waals surface area contributed by atoms with E-state index < -0.39 is 23.5 Å². The fourth-order valence-corrected chi connectivity index (χ4v) is 4.10. The van der Waals surface area contributed by atoms with E-state index in [-0.39, 0.29) is 48.5 Å². The van der Waals surface area contributed by atoms with E-state index >= 15 is 0 Å². The van der Waals surface area contributed by atoms with Crippen LogP contribution in [0.25, 0.3) is 0 Å². The van der Waals surface area contributed by atoms with E-state index in [2.05, 4.69) is 5.32 Å². The molecule has 3 unspecified atom stereocenters. The van der Waals surface area contributed by atoms with Crippen LogP contribution in [0.1, 0.15) is 41.0 Å². The SMILES string of the molecule is CNC1CCC(OCCc2cc(C(F)(F)F)cc(C(F)(F)F)c2)C1c1ccc(F)cc1. The fraction of sp³-hybridized carbons (Fsp3) is 0.455. The van der Waals surface area contributed by atoms with Crippen LogP contribution in [0.3, 0.4) is 0 Å². The van der Waals surface area contributed by atoms with Gasteiger partial charge in [0.1, 0.15) is 5.82 Å². The van der Waals surface area contributed by atoms with E-state index in [4.69, 9.17) is 4.74 Å². The predicted molar refractivity (Wildman–Crippen MR) is 101 cm³/mol. The van der Waals surface area contributed by atoms with E-state index in [1.807, 2.05) is 0 Å². The second-order valence-corrected chi connectivity index (χ2v) is 7.62. The molecule has 31 heavy (non-hydrogen) atoms. The first-order valence-electron chi connectivity index (χ1n) is 9.81. The summed E-state index contributed by atoms with van der Waals surface area (Å²) in [5.74, 6) is -0.469. The van der Waals surface area contributed by atoms with E-state index in [9.17, 15) is 30.7 Å². The third-order valence-corrected chi connectivity index (χ3v) is 5.59. The molecule has 9 heteroatoms. The Labute approximate surface area is 175 Å². The minimum atomic E-state index is -4.88. The summed E-state index contributed by atoms with van der Waals surface area (Å²) in [5, 5.41) is 3.19. The zero-order chi connectivity index (χ0) is 22.8. The summed E-state index contributed by atoms with van der Waals surface area (Å²) in [4.78, 5) is 0. The van der Waals surface area contributed by atoms with Gasteiger partial charge in [0.05, 0.1) is 23.8 Å². The van der Waals surface area contributed by atoms with Gasteiger partial charge in [0.2, 0.25) is 0 Å². The number of halogens is 7. The average Bonchev–Trinajstić information content (AvgIpc) is 3.10. The minimum Gasteiger partial charge on any atom is -0.377 e. The van der Waals surface area contributed by atoms with E-state index in [0.717, 1.165) is 24.1 Å². The summed E-state index contributed by atoms with van der Waals surface area (Å²) in [6, 6.07) is 7.65. The van der Waals surface area contributed by atoms with Gasteiger partial charge in [0, 0.05) is 12.0 Å². The van der Waals surface area contributed by atoms with Gasteiger partial charge in [-0.1, -0.05) is 12.1 Å². The summed E-state index contributed by atoms with van der Waals surface area (Å²) in [5.41, 5.74) is -1.90. The summed E-state index contributed by atoms with van der Waals surface area (Å²) in [7, 11) is 1.80.